The molecule has 2 aromatic rings. The van der Waals surface area contributed by atoms with Crippen molar-refractivity contribution in [2.75, 3.05) is 26.2 Å². The maximum atomic E-state index is 13.3. The van der Waals surface area contributed by atoms with Crippen LogP contribution < -0.4 is 5.32 Å². The summed E-state index contributed by atoms with van der Waals surface area (Å²) in [7, 11) is 0. The van der Waals surface area contributed by atoms with Gasteiger partial charge >= 0.3 is 0 Å². The third-order valence-electron chi connectivity index (χ3n) is 8.07. The van der Waals surface area contributed by atoms with Gasteiger partial charge in [0, 0.05) is 25.6 Å². The van der Waals surface area contributed by atoms with Crippen LogP contribution in [0.3, 0.4) is 0 Å². The summed E-state index contributed by atoms with van der Waals surface area (Å²) >= 11 is 0. The van der Waals surface area contributed by atoms with Gasteiger partial charge in [-0.3, -0.25) is 9.59 Å². The fourth-order valence-electron chi connectivity index (χ4n) is 6.01. The van der Waals surface area contributed by atoms with Crippen LogP contribution in [0.1, 0.15) is 36.8 Å². The molecule has 1 heterocycles. The molecule has 34 heavy (non-hydrogen) atoms. The van der Waals surface area contributed by atoms with Crippen molar-refractivity contribution in [2.24, 2.45) is 23.7 Å². The van der Waals surface area contributed by atoms with Gasteiger partial charge in [0.25, 0.3) is 5.91 Å². The Balaban J connectivity index is 1.09. The molecule has 2 amide bonds. The second-order valence-electron chi connectivity index (χ2n) is 10.1. The van der Waals surface area contributed by atoms with Gasteiger partial charge in [-0.25, -0.2) is 0 Å². The van der Waals surface area contributed by atoms with Gasteiger partial charge in [-0.1, -0.05) is 73.5 Å². The maximum absolute atomic E-state index is 13.3. The Labute approximate surface area is 201 Å². The van der Waals surface area contributed by atoms with E-state index in [1.54, 1.807) is 0 Å². The van der Waals surface area contributed by atoms with Gasteiger partial charge in [-0.2, -0.15) is 0 Å². The Kier molecular flexibility index (Phi) is 6.70. The highest BCUT2D eigenvalue weighted by Gasteiger charge is 2.57. The molecule has 2 aromatic carbocycles. The summed E-state index contributed by atoms with van der Waals surface area (Å²) in [5.74, 6) is 0.937. The van der Waals surface area contributed by atoms with Crippen molar-refractivity contribution < 1.29 is 19.4 Å². The van der Waals surface area contributed by atoms with Crippen LogP contribution in [-0.4, -0.2) is 48.1 Å². The van der Waals surface area contributed by atoms with Crippen molar-refractivity contribution in [1.82, 2.24) is 10.2 Å². The van der Waals surface area contributed by atoms with Gasteiger partial charge in [-0.15, -0.1) is 0 Å². The molecule has 2 N–H and O–H groups in total. The first-order valence-electron chi connectivity index (χ1n) is 12.5. The molecule has 1 aliphatic heterocycles. The molecule has 0 radical (unpaired) electrons. The molecule has 2 unspecified atom stereocenters. The lowest BCUT2D eigenvalue weighted by atomic mass is 9.79. The number of rotatable bonds is 9. The lowest BCUT2D eigenvalue weighted by Gasteiger charge is -2.33. The number of carbonyl (C=O) groups is 2. The average Bonchev–Trinajstić information content (AvgIpc) is 3.26. The van der Waals surface area contributed by atoms with Crippen molar-refractivity contribution in [2.45, 2.75) is 37.9 Å². The molecule has 0 spiro atoms. The number of piperidine rings is 1. The first-order valence-corrected chi connectivity index (χ1v) is 12.5. The highest BCUT2D eigenvalue weighted by Crippen LogP contribution is 2.51. The number of amides is 2. The molecule has 6 nitrogen and oxygen atoms in total. The Morgan fingerprint density at radius 2 is 1.59 bits per heavy atom. The second-order valence-corrected chi connectivity index (χ2v) is 10.1. The van der Waals surface area contributed by atoms with Gasteiger partial charge in [-0.05, 0) is 41.7 Å². The number of aliphatic hydroxyl groups is 1. The Hall–Kier alpha value is -2.70. The van der Waals surface area contributed by atoms with E-state index in [2.05, 4.69) is 5.32 Å². The molecule has 5 rings (SSSR count). The number of nitrogens with one attached hydrogen (secondary N) is 1. The average molecular weight is 463 g/mol. The third-order valence-corrected chi connectivity index (χ3v) is 8.07. The maximum Gasteiger partial charge on any atom is 0.256 e. The van der Waals surface area contributed by atoms with E-state index in [0.717, 1.165) is 44.3 Å². The van der Waals surface area contributed by atoms with Gasteiger partial charge < -0.3 is 20.1 Å². The fraction of sp³-hybridized carbons (Fsp3) is 0.500. The summed E-state index contributed by atoms with van der Waals surface area (Å²) in [6.07, 6.45) is 3.85. The standard InChI is InChI=1S/C28H34N2O4/c31-26(19-34-18-20-9-3-1-4-10-20)30-16-24-23(25(24)17-30)15-29-27(32)28(33,22-13-7-8-14-22)21-11-5-2-6-12-21/h1-6,9-12,22-25,33H,7-8,13-19H2,(H,29,32)/t23-,24-,25?,28?/m1/s1. The zero-order chi connectivity index (χ0) is 23.5. The van der Waals surface area contributed by atoms with Crippen LogP contribution in [0.15, 0.2) is 60.7 Å². The van der Waals surface area contributed by atoms with Gasteiger partial charge in [0.1, 0.15) is 6.61 Å². The lowest BCUT2D eigenvalue weighted by Crippen LogP contribution is -2.49. The molecule has 0 aromatic heterocycles. The highest BCUT2D eigenvalue weighted by molar-refractivity contribution is 5.86. The number of carbonyl (C=O) groups excluding carboxylic acids is 2. The van der Waals surface area contributed by atoms with Gasteiger partial charge in [0.2, 0.25) is 5.91 Å². The molecule has 6 heteroatoms. The predicted molar refractivity (Wildman–Crippen MR) is 128 cm³/mol. The van der Waals surface area contributed by atoms with Crippen molar-refractivity contribution in [3.63, 3.8) is 0 Å². The number of ether oxygens (including phenoxy) is 1. The summed E-state index contributed by atoms with van der Waals surface area (Å²) in [5, 5.41) is 14.7. The van der Waals surface area contributed by atoms with E-state index < -0.39 is 5.60 Å². The van der Waals surface area contributed by atoms with Crippen molar-refractivity contribution in [1.29, 1.82) is 0 Å². The SMILES string of the molecule is O=C(COCc1ccccc1)N1CC2[C@H](CNC(=O)C(O)(c3ccccc3)C3CCCC3)[C@H]2C1. The minimum Gasteiger partial charge on any atom is -0.375 e. The van der Waals surface area contributed by atoms with Crippen LogP contribution in [-0.2, 0) is 26.5 Å². The van der Waals surface area contributed by atoms with E-state index in [-0.39, 0.29) is 24.3 Å². The monoisotopic (exact) mass is 462 g/mol. The van der Waals surface area contributed by atoms with Crippen LogP contribution in [0.4, 0.5) is 0 Å². The molecular formula is C28H34N2O4. The third kappa shape index (κ3) is 4.62. The highest BCUT2D eigenvalue weighted by atomic mass is 16.5. The second kappa shape index (κ2) is 9.88. The van der Waals surface area contributed by atoms with E-state index >= 15 is 0 Å². The smallest absolute Gasteiger partial charge is 0.256 e. The minimum absolute atomic E-state index is 0.0330. The van der Waals surface area contributed by atoms with E-state index in [0.29, 0.717) is 36.5 Å². The van der Waals surface area contributed by atoms with Gasteiger partial charge in [0.15, 0.2) is 5.60 Å². The molecular weight excluding hydrogens is 428 g/mol. The van der Waals surface area contributed by atoms with E-state index in [4.69, 9.17) is 4.74 Å². The molecule has 2 aliphatic carbocycles. The van der Waals surface area contributed by atoms with Gasteiger partial charge in [0.05, 0.1) is 6.61 Å². The zero-order valence-electron chi connectivity index (χ0n) is 19.6. The molecule has 180 valence electrons. The largest absolute Gasteiger partial charge is 0.375 e. The summed E-state index contributed by atoms with van der Waals surface area (Å²) in [4.78, 5) is 27.7. The van der Waals surface area contributed by atoms with E-state index in [9.17, 15) is 14.7 Å². The number of nitrogens with zero attached hydrogens (tertiary/aromatic N) is 1. The Bertz CT molecular complexity index is 980. The Morgan fingerprint density at radius 1 is 0.971 bits per heavy atom. The normalized spacial score (nSPS) is 25.6. The summed E-state index contributed by atoms with van der Waals surface area (Å²) in [5.41, 5.74) is 0.269. The molecule has 2 saturated carbocycles. The van der Waals surface area contributed by atoms with Crippen LogP contribution in [0.2, 0.25) is 0 Å². The van der Waals surface area contributed by atoms with Crippen LogP contribution in [0.25, 0.3) is 0 Å². The first-order chi connectivity index (χ1) is 16.6. The minimum atomic E-state index is -1.47. The zero-order valence-corrected chi connectivity index (χ0v) is 19.6. The number of benzene rings is 2. The van der Waals surface area contributed by atoms with Crippen LogP contribution in [0, 0.1) is 23.7 Å². The van der Waals surface area contributed by atoms with Crippen LogP contribution >= 0.6 is 0 Å². The number of likely N-dealkylation sites (tertiary alicyclic amines) is 1. The first kappa shape index (κ1) is 23.1. The Morgan fingerprint density at radius 3 is 2.24 bits per heavy atom. The van der Waals surface area contributed by atoms with Crippen LogP contribution in [0.5, 0.6) is 0 Å². The summed E-state index contributed by atoms with van der Waals surface area (Å²) < 4.78 is 5.60. The summed E-state index contributed by atoms with van der Waals surface area (Å²) in [6.45, 7) is 2.55. The quantitative estimate of drug-likeness (QED) is 0.600. The number of fused-ring (bicyclic) bond motifs is 1. The molecule has 3 aliphatic rings. The van der Waals surface area contributed by atoms with Crippen molar-refractivity contribution >= 4 is 11.8 Å². The molecule has 0 bridgehead atoms. The van der Waals surface area contributed by atoms with Crippen molar-refractivity contribution in [3.05, 3.63) is 71.8 Å². The van der Waals surface area contributed by atoms with E-state index in [1.807, 2.05) is 65.6 Å². The molecule has 4 atom stereocenters. The summed E-state index contributed by atoms with van der Waals surface area (Å²) in [6, 6.07) is 19.2. The number of hydrogen-bond donors (Lipinski definition) is 2. The number of hydrogen-bond acceptors (Lipinski definition) is 4. The molecule has 3 fully saturated rings. The fourth-order valence-corrected chi connectivity index (χ4v) is 6.01. The topological polar surface area (TPSA) is 78.9 Å². The lowest BCUT2D eigenvalue weighted by molar-refractivity contribution is -0.147. The van der Waals surface area contributed by atoms with Crippen molar-refractivity contribution in [3.8, 4) is 0 Å². The predicted octanol–water partition coefficient (Wildman–Crippen LogP) is 3.10. The van der Waals surface area contributed by atoms with E-state index in [1.165, 1.54) is 0 Å². The molecule has 1 saturated heterocycles.